The van der Waals surface area contributed by atoms with Crippen molar-refractivity contribution in [2.75, 3.05) is 26.0 Å². The summed E-state index contributed by atoms with van der Waals surface area (Å²) < 4.78 is 31.6. The SMILES string of the molecule is COc1ccc(S(=O)(=O)N2CC(N3C(=O)CSC3=O)C2)cc1C. The first-order valence-corrected chi connectivity index (χ1v) is 9.41. The summed E-state index contributed by atoms with van der Waals surface area (Å²) in [5, 5.41) is -0.294. The Labute approximate surface area is 138 Å². The van der Waals surface area contributed by atoms with Gasteiger partial charge in [0.15, 0.2) is 0 Å². The van der Waals surface area contributed by atoms with Crippen LogP contribution in [0.3, 0.4) is 0 Å². The minimum Gasteiger partial charge on any atom is -0.496 e. The van der Waals surface area contributed by atoms with Crippen LogP contribution in [0.25, 0.3) is 0 Å². The number of hydrogen-bond acceptors (Lipinski definition) is 6. The maximum absolute atomic E-state index is 12.6. The molecule has 0 bridgehead atoms. The van der Waals surface area contributed by atoms with Gasteiger partial charge in [0.05, 0.1) is 23.8 Å². The maximum atomic E-state index is 12.6. The average Bonchev–Trinajstić information content (AvgIpc) is 2.77. The van der Waals surface area contributed by atoms with Crippen molar-refractivity contribution in [1.29, 1.82) is 0 Å². The molecule has 23 heavy (non-hydrogen) atoms. The van der Waals surface area contributed by atoms with Gasteiger partial charge in [0.25, 0.3) is 5.24 Å². The molecule has 9 heteroatoms. The van der Waals surface area contributed by atoms with Crippen molar-refractivity contribution in [3.8, 4) is 5.75 Å². The Kier molecular flexibility index (Phi) is 4.11. The van der Waals surface area contributed by atoms with Crippen LogP contribution in [0.1, 0.15) is 5.56 Å². The number of imide groups is 1. The molecule has 1 aromatic carbocycles. The third-order valence-corrected chi connectivity index (χ3v) is 6.65. The van der Waals surface area contributed by atoms with Crippen molar-refractivity contribution >= 4 is 32.9 Å². The minimum absolute atomic E-state index is 0.139. The zero-order valence-corrected chi connectivity index (χ0v) is 14.3. The van der Waals surface area contributed by atoms with E-state index in [1.54, 1.807) is 19.1 Å². The van der Waals surface area contributed by atoms with Crippen LogP contribution in [-0.2, 0) is 14.8 Å². The van der Waals surface area contributed by atoms with E-state index in [-0.39, 0.29) is 40.9 Å². The van der Waals surface area contributed by atoms with Gasteiger partial charge in [-0.05, 0) is 30.7 Å². The second-order valence-electron chi connectivity index (χ2n) is 5.43. The minimum atomic E-state index is -3.63. The number of carbonyl (C=O) groups excluding carboxylic acids is 2. The van der Waals surface area contributed by atoms with Crippen LogP contribution >= 0.6 is 11.8 Å². The van der Waals surface area contributed by atoms with E-state index >= 15 is 0 Å². The summed E-state index contributed by atoms with van der Waals surface area (Å²) in [5.74, 6) is 0.512. The van der Waals surface area contributed by atoms with Gasteiger partial charge in [0.1, 0.15) is 5.75 Å². The summed E-state index contributed by atoms with van der Waals surface area (Å²) in [4.78, 5) is 24.7. The van der Waals surface area contributed by atoms with Gasteiger partial charge in [-0.1, -0.05) is 11.8 Å². The van der Waals surface area contributed by atoms with Crippen molar-refractivity contribution in [3.05, 3.63) is 23.8 Å². The first kappa shape index (κ1) is 16.3. The molecule has 2 aliphatic rings. The molecule has 0 radical (unpaired) electrons. The molecule has 2 fully saturated rings. The number of hydrogen-bond donors (Lipinski definition) is 0. The zero-order valence-electron chi connectivity index (χ0n) is 12.7. The van der Waals surface area contributed by atoms with Crippen molar-refractivity contribution in [2.45, 2.75) is 17.9 Å². The number of methoxy groups -OCH3 is 1. The molecular weight excluding hydrogens is 340 g/mol. The second kappa shape index (κ2) is 5.81. The predicted molar refractivity (Wildman–Crippen MR) is 85.0 cm³/mol. The fourth-order valence-corrected chi connectivity index (χ4v) is 5.03. The smallest absolute Gasteiger partial charge is 0.289 e. The Hall–Kier alpha value is -1.58. The van der Waals surface area contributed by atoms with Gasteiger partial charge in [0.2, 0.25) is 15.9 Å². The number of sulfonamides is 1. The Bertz CT molecular complexity index is 755. The normalized spacial score (nSPS) is 20.0. The number of nitrogens with zero attached hydrogens (tertiary/aromatic N) is 2. The Morgan fingerprint density at radius 3 is 2.48 bits per heavy atom. The molecule has 0 unspecified atom stereocenters. The lowest BCUT2D eigenvalue weighted by atomic mass is 10.1. The Morgan fingerprint density at radius 2 is 1.96 bits per heavy atom. The molecule has 2 aliphatic heterocycles. The summed E-state index contributed by atoms with van der Waals surface area (Å²) in [6.07, 6.45) is 0. The summed E-state index contributed by atoms with van der Waals surface area (Å²) in [7, 11) is -2.10. The lowest BCUT2D eigenvalue weighted by Crippen LogP contribution is -2.61. The van der Waals surface area contributed by atoms with Gasteiger partial charge in [-0.25, -0.2) is 8.42 Å². The van der Waals surface area contributed by atoms with Crippen molar-refractivity contribution in [3.63, 3.8) is 0 Å². The summed E-state index contributed by atoms with van der Waals surface area (Å²) >= 11 is 0.958. The lowest BCUT2D eigenvalue weighted by Gasteiger charge is -2.41. The van der Waals surface area contributed by atoms with Gasteiger partial charge in [-0.15, -0.1) is 0 Å². The van der Waals surface area contributed by atoms with E-state index in [9.17, 15) is 18.0 Å². The van der Waals surface area contributed by atoms with Crippen molar-refractivity contribution in [1.82, 2.24) is 9.21 Å². The van der Waals surface area contributed by atoms with Gasteiger partial charge in [-0.2, -0.15) is 4.31 Å². The van der Waals surface area contributed by atoms with Crippen LogP contribution in [0.5, 0.6) is 5.75 Å². The maximum Gasteiger partial charge on any atom is 0.289 e. The number of carbonyl (C=O) groups is 2. The number of aryl methyl sites for hydroxylation is 1. The van der Waals surface area contributed by atoms with E-state index in [0.29, 0.717) is 5.75 Å². The molecule has 0 N–H and O–H groups in total. The van der Waals surface area contributed by atoms with Crippen LogP contribution in [0, 0.1) is 6.92 Å². The van der Waals surface area contributed by atoms with Gasteiger partial charge in [0, 0.05) is 13.1 Å². The fourth-order valence-electron chi connectivity index (χ4n) is 2.65. The molecule has 2 heterocycles. The third-order valence-electron chi connectivity index (χ3n) is 3.98. The molecule has 0 saturated carbocycles. The second-order valence-corrected chi connectivity index (χ2v) is 8.29. The van der Waals surface area contributed by atoms with Crippen LogP contribution in [0.4, 0.5) is 4.79 Å². The molecule has 3 rings (SSSR count). The number of rotatable bonds is 4. The summed E-state index contributed by atoms with van der Waals surface area (Å²) in [6.45, 7) is 2.06. The Morgan fingerprint density at radius 1 is 1.26 bits per heavy atom. The molecule has 7 nitrogen and oxygen atoms in total. The fraction of sp³-hybridized carbons (Fsp3) is 0.429. The lowest BCUT2D eigenvalue weighted by molar-refractivity contribution is -0.127. The topological polar surface area (TPSA) is 84.0 Å². The highest BCUT2D eigenvalue weighted by molar-refractivity contribution is 8.14. The predicted octanol–water partition coefficient (Wildman–Crippen LogP) is 1.07. The standard InChI is InChI=1S/C14H16N2O5S2/c1-9-5-11(3-4-12(9)21-2)23(19,20)15-6-10(7-15)16-13(17)8-22-14(16)18/h3-5,10H,6-8H2,1-2H3. The quantitative estimate of drug-likeness (QED) is 0.802. The number of thioether (sulfide) groups is 1. The molecule has 0 atom stereocenters. The molecule has 124 valence electrons. The van der Waals surface area contributed by atoms with Crippen LogP contribution in [0.15, 0.2) is 23.1 Å². The van der Waals surface area contributed by atoms with Crippen LogP contribution in [0.2, 0.25) is 0 Å². The van der Waals surface area contributed by atoms with E-state index in [1.165, 1.54) is 22.4 Å². The highest BCUT2D eigenvalue weighted by Crippen LogP contribution is 2.30. The number of ether oxygens (including phenoxy) is 1. The largest absolute Gasteiger partial charge is 0.496 e. The van der Waals surface area contributed by atoms with Gasteiger partial charge >= 0.3 is 0 Å². The van der Waals surface area contributed by atoms with E-state index in [1.807, 2.05) is 0 Å². The highest BCUT2D eigenvalue weighted by Gasteiger charge is 2.45. The first-order valence-electron chi connectivity index (χ1n) is 6.98. The molecule has 1 aromatic rings. The average molecular weight is 356 g/mol. The monoisotopic (exact) mass is 356 g/mol. The van der Waals surface area contributed by atoms with Crippen molar-refractivity contribution in [2.24, 2.45) is 0 Å². The third kappa shape index (κ3) is 2.73. The Balaban J connectivity index is 1.74. The number of benzene rings is 1. The highest BCUT2D eigenvalue weighted by atomic mass is 32.2. The van der Waals surface area contributed by atoms with E-state index in [4.69, 9.17) is 4.74 Å². The summed E-state index contributed by atoms with van der Waals surface area (Å²) in [5.41, 5.74) is 0.729. The summed E-state index contributed by atoms with van der Waals surface area (Å²) in [6, 6.07) is 4.31. The van der Waals surface area contributed by atoms with E-state index in [0.717, 1.165) is 17.3 Å². The van der Waals surface area contributed by atoms with Gasteiger partial charge < -0.3 is 4.74 Å². The molecule has 0 aliphatic carbocycles. The first-order chi connectivity index (χ1) is 10.8. The molecular formula is C14H16N2O5S2. The molecule has 0 spiro atoms. The van der Waals surface area contributed by atoms with Crippen LogP contribution < -0.4 is 4.74 Å². The van der Waals surface area contributed by atoms with E-state index in [2.05, 4.69) is 0 Å². The van der Waals surface area contributed by atoms with Crippen LogP contribution in [-0.4, -0.2) is 60.8 Å². The van der Waals surface area contributed by atoms with Gasteiger partial charge in [-0.3, -0.25) is 14.5 Å². The van der Waals surface area contributed by atoms with Crippen molar-refractivity contribution < 1.29 is 22.7 Å². The number of amides is 2. The molecule has 2 saturated heterocycles. The van der Waals surface area contributed by atoms with E-state index < -0.39 is 10.0 Å². The molecule has 0 aromatic heterocycles. The molecule has 2 amide bonds. The zero-order chi connectivity index (χ0) is 16.8.